The molecular formula is C9H17NO3. The SMILES string of the molecule is CCCCC(CC(=O)ON)C(C)=O. The van der Waals surface area contributed by atoms with Crippen molar-refractivity contribution < 1.29 is 14.4 Å². The molecule has 0 spiro atoms. The molecule has 4 heteroatoms. The number of Topliss-reactive ketones (excluding diaryl/α,β-unsaturated/α-hetero) is 1. The molecule has 0 radical (unpaired) electrons. The van der Waals surface area contributed by atoms with Gasteiger partial charge in [-0.2, -0.15) is 5.90 Å². The number of rotatable bonds is 6. The Kier molecular flexibility index (Phi) is 6.14. The highest BCUT2D eigenvalue weighted by Crippen LogP contribution is 2.14. The zero-order chi connectivity index (χ0) is 10.3. The molecule has 0 rings (SSSR count). The summed E-state index contributed by atoms with van der Waals surface area (Å²) in [6, 6.07) is 0. The lowest BCUT2D eigenvalue weighted by atomic mass is 9.95. The maximum atomic E-state index is 11.1. The first kappa shape index (κ1) is 12.1. The highest BCUT2D eigenvalue weighted by atomic mass is 16.7. The largest absolute Gasteiger partial charge is 0.373 e. The van der Waals surface area contributed by atoms with E-state index < -0.39 is 5.97 Å². The van der Waals surface area contributed by atoms with Crippen LogP contribution in [-0.2, 0) is 14.4 Å². The molecule has 76 valence electrons. The summed E-state index contributed by atoms with van der Waals surface area (Å²) in [5.74, 6) is 3.97. The van der Waals surface area contributed by atoms with Gasteiger partial charge in [0.15, 0.2) is 0 Å². The molecule has 0 aliphatic rings. The molecule has 13 heavy (non-hydrogen) atoms. The Morgan fingerprint density at radius 2 is 2.08 bits per heavy atom. The number of carbonyl (C=O) groups is 2. The molecule has 2 N–H and O–H groups in total. The Morgan fingerprint density at radius 3 is 2.46 bits per heavy atom. The summed E-state index contributed by atoms with van der Waals surface area (Å²) in [7, 11) is 0. The molecule has 0 aromatic heterocycles. The molecule has 0 bridgehead atoms. The van der Waals surface area contributed by atoms with Crippen LogP contribution in [0.25, 0.3) is 0 Å². The molecule has 0 aliphatic carbocycles. The number of nitrogens with two attached hydrogens (primary N) is 1. The van der Waals surface area contributed by atoms with Gasteiger partial charge in [0.1, 0.15) is 5.78 Å². The molecule has 0 amide bonds. The smallest absolute Gasteiger partial charge is 0.325 e. The van der Waals surface area contributed by atoms with E-state index >= 15 is 0 Å². The summed E-state index contributed by atoms with van der Waals surface area (Å²) < 4.78 is 0. The minimum Gasteiger partial charge on any atom is -0.373 e. The molecule has 0 aliphatic heterocycles. The van der Waals surface area contributed by atoms with Gasteiger partial charge in [-0.3, -0.25) is 9.59 Å². The minimum atomic E-state index is -0.517. The van der Waals surface area contributed by atoms with Gasteiger partial charge in [0.2, 0.25) is 0 Å². The van der Waals surface area contributed by atoms with Crippen molar-refractivity contribution >= 4 is 11.8 Å². The minimum absolute atomic E-state index is 0.0267. The van der Waals surface area contributed by atoms with E-state index in [1.807, 2.05) is 6.92 Å². The third-order valence-corrected chi connectivity index (χ3v) is 2.03. The highest BCUT2D eigenvalue weighted by molar-refractivity contribution is 5.83. The molecule has 4 nitrogen and oxygen atoms in total. The Hall–Kier alpha value is -0.900. The van der Waals surface area contributed by atoms with E-state index in [-0.39, 0.29) is 18.1 Å². The van der Waals surface area contributed by atoms with E-state index in [4.69, 9.17) is 0 Å². The molecular weight excluding hydrogens is 170 g/mol. The molecule has 0 heterocycles. The number of hydrogen-bond donors (Lipinski definition) is 1. The predicted molar refractivity (Wildman–Crippen MR) is 48.6 cm³/mol. The lowest BCUT2D eigenvalue weighted by Gasteiger charge is -2.10. The number of unbranched alkanes of at least 4 members (excludes halogenated alkanes) is 1. The van der Waals surface area contributed by atoms with Gasteiger partial charge in [0, 0.05) is 5.92 Å². The van der Waals surface area contributed by atoms with Crippen LogP contribution in [0.3, 0.4) is 0 Å². The highest BCUT2D eigenvalue weighted by Gasteiger charge is 2.18. The summed E-state index contributed by atoms with van der Waals surface area (Å²) in [4.78, 5) is 25.9. The second-order valence-corrected chi connectivity index (χ2v) is 3.14. The van der Waals surface area contributed by atoms with E-state index in [1.54, 1.807) is 0 Å². The summed E-state index contributed by atoms with van der Waals surface area (Å²) >= 11 is 0. The van der Waals surface area contributed by atoms with Crippen LogP contribution in [0.4, 0.5) is 0 Å². The summed E-state index contributed by atoms with van der Waals surface area (Å²) in [6.45, 7) is 3.53. The van der Waals surface area contributed by atoms with Gasteiger partial charge < -0.3 is 4.84 Å². The van der Waals surface area contributed by atoms with Crippen molar-refractivity contribution in [2.75, 3.05) is 0 Å². The predicted octanol–water partition coefficient (Wildman–Crippen LogP) is 1.19. The molecule has 0 saturated heterocycles. The number of ketones is 1. The first-order valence-electron chi connectivity index (χ1n) is 4.51. The monoisotopic (exact) mass is 187 g/mol. The molecule has 0 saturated carbocycles. The summed E-state index contributed by atoms with van der Waals surface area (Å²) in [6.07, 6.45) is 2.80. The van der Waals surface area contributed by atoms with Crippen LogP contribution in [0.5, 0.6) is 0 Å². The Labute approximate surface area is 78.4 Å². The molecule has 1 atom stereocenters. The van der Waals surface area contributed by atoms with E-state index in [1.165, 1.54) is 6.92 Å². The van der Waals surface area contributed by atoms with Gasteiger partial charge in [-0.25, -0.2) is 0 Å². The van der Waals surface area contributed by atoms with E-state index in [2.05, 4.69) is 10.7 Å². The van der Waals surface area contributed by atoms with Crippen molar-refractivity contribution in [2.45, 2.75) is 39.5 Å². The topological polar surface area (TPSA) is 69.4 Å². The Morgan fingerprint density at radius 1 is 1.46 bits per heavy atom. The third-order valence-electron chi connectivity index (χ3n) is 2.03. The zero-order valence-corrected chi connectivity index (χ0v) is 8.21. The quantitative estimate of drug-likeness (QED) is 0.634. The van der Waals surface area contributed by atoms with Crippen molar-refractivity contribution in [3.05, 3.63) is 0 Å². The van der Waals surface area contributed by atoms with Gasteiger partial charge in [0.25, 0.3) is 0 Å². The Balaban J connectivity index is 3.94. The summed E-state index contributed by atoms with van der Waals surface area (Å²) in [5, 5.41) is 0. The van der Waals surface area contributed by atoms with Gasteiger partial charge in [-0.15, -0.1) is 0 Å². The van der Waals surface area contributed by atoms with Crippen molar-refractivity contribution in [3.63, 3.8) is 0 Å². The number of hydrogen-bond acceptors (Lipinski definition) is 4. The van der Waals surface area contributed by atoms with E-state index in [9.17, 15) is 9.59 Å². The van der Waals surface area contributed by atoms with Gasteiger partial charge in [-0.1, -0.05) is 19.8 Å². The summed E-state index contributed by atoms with van der Waals surface area (Å²) in [5.41, 5.74) is 0. The second-order valence-electron chi connectivity index (χ2n) is 3.14. The van der Waals surface area contributed by atoms with Crippen molar-refractivity contribution in [1.82, 2.24) is 0 Å². The first-order valence-corrected chi connectivity index (χ1v) is 4.51. The van der Waals surface area contributed by atoms with Crippen LogP contribution in [-0.4, -0.2) is 11.8 Å². The number of carbonyl (C=O) groups excluding carboxylic acids is 2. The van der Waals surface area contributed by atoms with Crippen LogP contribution >= 0.6 is 0 Å². The lowest BCUT2D eigenvalue weighted by Crippen LogP contribution is -2.19. The average Bonchev–Trinajstić information content (AvgIpc) is 2.11. The molecule has 0 aromatic carbocycles. The standard InChI is InChI=1S/C9H17NO3/c1-3-4-5-8(7(2)11)6-9(12)13-10/h8H,3-6,10H2,1-2H3. The zero-order valence-electron chi connectivity index (χ0n) is 8.21. The maximum absolute atomic E-state index is 11.1. The molecule has 0 aromatic rings. The van der Waals surface area contributed by atoms with Gasteiger partial charge in [0.05, 0.1) is 6.42 Å². The lowest BCUT2D eigenvalue weighted by molar-refractivity contribution is -0.147. The van der Waals surface area contributed by atoms with Crippen molar-refractivity contribution in [2.24, 2.45) is 11.8 Å². The van der Waals surface area contributed by atoms with Crippen LogP contribution in [0, 0.1) is 5.92 Å². The van der Waals surface area contributed by atoms with Gasteiger partial charge in [-0.05, 0) is 13.3 Å². The van der Waals surface area contributed by atoms with Crippen LogP contribution in [0.2, 0.25) is 0 Å². The average molecular weight is 187 g/mol. The van der Waals surface area contributed by atoms with Crippen LogP contribution < -0.4 is 5.90 Å². The first-order chi connectivity index (χ1) is 6.11. The van der Waals surface area contributed by atoms with Crippen molar-refractivity contribution in [3.8, 4) is 0 Å². The fourth-order valence-electron chi connectivity index (χ4n) is 1.15. The third kappa shape index (κ3) is 5.36. The Bertz CT molecular complexity index is 180. The van der Waals surface area contributed by atoms with E-state index in [0.717, 1.165) is 19.3 Å². The van der Waals surface area contributed by atoms with Crippen molar-refractivity contribution in [1.29, 1.82) is 0 Å². The normalized spacial score (nSPS) is 12.2. The van der Waals surface area contributed by atoms with Crippen LogP contribution in [0.1, 0.15) is 39.5 Å². The fourth-order valence-corrected chi connectivity index (χ4v) is 1.15. The van der Waals surface area contributed by atoms with Gasteiger partial charge >= 0.3 is 5.97 Å². The van der Waals surface area contributed by atoms with Crippen LogP contribution in [0.15, 0.2) is 0 Å². The molecule has 1 unspecified atom stereocenters. The molecule has 0 fully saturated rings. The maximum Gasteiger partial charge on any atom is 0.325 e. The van der Waals surface area contributed by atoms with E-state index in [0.29, 0.717) is 0 Å². The second kappa shape index (κ2) is 6.60. The fraction of sp³-hybridized carbons (Fsp3) is 0.778.